The molecule has 3 aromatic rings. The molecule has 0 radical (unpaired) electrons. The van der Waals surface area contributed by atoms with E-state index in [9.17, 15) is 4.79 Å². The first-order chi connectivity index (χ1) is 11.6. The molecule has 4 rings (SSSR count). The van der Waals surface area contributed by atoms with Gasteiger partial charge in [0.2, 0.25) is 5.79 Å². The van der Waals surface area contributed by atoms with Gasteiger partial charge in [0.1, 0.15) is 0 Å². The van der Waals surface area contributed by atoms with Crippen LogP contribution in [0.2, 0.25) is 0 Å². The summed E-state index contributed by atoms with van der Waals surface area (Å²) in [5.74, 6) is 0.389. The number of fused-ring (bicyclic) bond motifs is 2. The highest BCUT2D eigenvalue weighted by molar-refractivity contribution is 6.11. The summed E-state index contributed by atoms with van der Waals surface area (Å²) in [5, 5.41) is 10.6. The van der Waals surface area contributed by atoms with E-state index in [4.69, 9.17) is 9.47 Å². The van der Waals surface area contributed by atoms with E-state index in [2.05, 4.69) is 15.5 Å². The molecule has 1 amide bonds. The van der Waals surface area contributed by atoms with Gasteiger partial charge in [-0.05, 0) is 18.2 Å². The Labute approximate surface area is 138 Å². The van der Waals surface area contributed by atoms with Crippen LogP contribution in [0, 0.1) is 0 Å². The number of ether oxygens (including phenoxy) is 2. The molecule has 2 N–H and O–H groups in total. The average Bonchev–Trinajstić information content (AvgIpc) is 3.15. The number of amides is 1. The van der Waals surface area contributed by atoms with Crippen molar-refractivity contribution in [2.24, 2.45) is 0 Å². The van der Waals surface area contributed by atoms with Gasteiger partial charge in [-0.3, -0.25) is 9.89 Å². The summed E-state index contributed by atoms with van der Waals surface area (Å²) in [6.07, 6.45) is 0.725. The van der Waals surface area contributed by atoms with E-state index in [1.807, 2.05) is 38.1 Å². The Balaban J connectivity index is 1.59. The minimum absolute atomic E-state index is 0.274. The number of aromatic nitrogens is 2. The lowest BCUT2D eigenvalue weighted by molar-refractivity contribution is -0.0640. The minimum Gasteiger partial charge on any atom is -0.449 e. The summed E-state index contributed by atoms with van der Waals surface area (Å²) in [6.45, 7) is 3.89. The molecule has 6 heteroatoms. The molecule has 24 heavy (non-hydrogen) atoms. The van der Waals surface area contributed by atoms with Crippen LogP contribution in [0.1, 0.15) is 30.8 Å². The van der Waals surface area contributed by atoms with Crippen LogP contribution in [-0.2, 0) is 0 Å². The zero-order chi connectivity index (χ0) is 16.7. The van der Waals surface area contributed by atoms with E-state index < -0.39 is 5.79 Å². The van der Waals surface area contributed by atoms with Crippen LogP contribution in [-0.4, -0.2) is 21.9 Å². The number of benzene rings is 2. The Morgan fingerprint density at radius 1 is 1.21 bits per heavy atom. The molecule has 1 aromatic heterocycles. The molecule has 1 atom stereocenters. The molecule has 1 aliphatic rings. The molecule has 6 nitrogen and oxygen atoms in total. The summed E-state index contributed by atoms with van der Waals surface area (Å²) in [5.41, 5.74) is 1.82. The quantitative estimate of drug-likeness (QED) is 0.770. The van der Waals surface area contributed by atoms with E-state index >= 15 is 0 Å². The molecule has 2 aromatic carbocycles. The lowest BCUT2D eigenvalue weighted by atomic mass is 10.2. The smallest absolute Gasteiger partial charge is 0.276 e. The second kappa shape index (κ2) is 5.26. The van der Waals surface area contributed by atoms with Crippen molar-refractivity contribution in [2.45, 2.75) is 26.1 Å². The number of anilines is 1. The number of para-hydroxylation sites is 1. The molecule has 1 aliphatic heterocycles. The number of H-pyrrole nitrogens is 1. The van der Waals surface area contributed by atoms with Gasteiger partial charge in [-0.1, -0.05) is 25.1 Å². The maximum atomic E-state index is 12.5. The van der Waals surface area contributed by atoms with Gasteiger partial charge in [-0.15, -0.1) is 0 Å². The molecular weight excluding hydrogens is 306 g/mol. The Bertz CT molecular complexity index is 934. The van der Waals surface area contributed by atoms with Crippen molar-refractivity contribution in [1.29, 1.82) is 0 Å². The van der Waals surface area contributed by atoms with Crippen molar-refractivity contribution in [2.75, 3.05) is 5.32 Å². The van der Waals surface area contributed by atoms with Crippen molar-refractivity contribution in [3.05, 3.63) is 48.2 Å². The van der Waals surface area contributed by atoms with Crippen LogP contribution in [0.15, 0.2) is 42.5 Å². The Hall–Kier alpha value is -3.02. The van der Waals surface area contributed by atoms with Crippen molar-refractivity contribution >= 4 is 22.5 Å². The molecule has 0 bridgehead atoms. The number of carbonyl (C=O) groups is 1. The monoisotopic (exact) mass is 323 g/mol. The molecule has 122 valence electrons. The molecule has 2 heterocycles. The first-order valence-corrected chi connectivity index (χ1v) is 7.84. The van der Waals surface area contributed by atoms with Crippen molar-refractivity contribution in [1.82, 2.24) is 10.2 Å². The summed E-state index contributed by atoms with van der Waals surface area (Å²) in [7, 11) is 0. The van der Waals surface area contributed by atoms with Gasteiger partial charge in [0, 0.05) is 30.5 Å². The molecule has 0 fully saturated rings. The normalized spacial score (nSPS) is 18.8. The third-order valence-corrected chi connectivity index (χ3v) is 4.18. The summed E-state index contributed by atoms with van der Waals surface area (Å²) in [6, 6.07) is 12.9. The highest BCUT2D eigenvalue weighted by atomic mass is 16.7. The van der Waals surface area contributed by atoms with Gasteiger partial charge in [-0.2, -0.15) is 5.10 Å². The van der Waals surface area contributed by atoms with E-state index in [-0.39, 0.29) is 5.91 Å². The molecular formula is C18H17N3O3. The molecule has 0 aliphatic carbocycles. The first-order valence-electron chi connectivity index (χ1n) is 7.84. The topological polar surface area (TPSA) is 76.2 Å². The van der Waals surface area contributed by atoms with Crippen molar-refractivity contribution in [3.63, 3.8) is 0 Å². The zero-order valence-corrected chi connectivity index (χ0v) is 13.4. The highest BCUT2D eigenvalue weighted by Crippen LogP contribution is 2.42. The van der Waals surface area contributed by atoms with Crippen LogP contribution in [0.5, 0.6) is 11.5 Å². The van der Waals surface area contributed by atoms with Gasteiger partial charge in [0.15, 0.2) is 17.2 Å². The number of nitrogens with zero attached hydrogens (tertiary/aromatic N) is 1. The maximum absolute atomic E-state index is 12.5. The number of carbonyl (C=O) groups excluding carboxylic acids is 1. The standard InChI is InChI=1S/C18H17N3O3/c1-3-18(2)23-14-9-8-11(10-15(14)24-18)19-17(22)16-12-6-4-5-7-13(12)20-21-16/h4-10H,3H2,1-2H3,(H,19,22)(H,20,21). The van der Waals surface area contributed by atoms with Gasteiger partial charge in [0.25, 0.3) is 5.91 Å². The van der Waals surface area contributed by atoms with Gasteiger partial charge < -0.3 is 14.8 Å². The van der Waals surface area contributed by atoms with Gasteiger partial charge in [-0.25, -0.2) is 0 Å². The third kappa shape index (κ3) is 2.36. The van der Waals surface area contributed by atoms with Crippen LogP contribution in [0.25, 0.3) is 10.9 Å². The fraction of sp³-hybridized carbons (Fsp3) is 0.222. The summed E-state index contributed by atoms with van der Waals surface area (Å²) in [4.78, 5) is 12.5. The predicted octanol–water partition coefficient (Wildman–Crippen LogP) is 3.71. The molecule has 0 saturated carbocycles. The van der Waals surface area contributed by atoms with Crippen LogP contribution in [0.3, 0.4) is 0 Å². The Kier molecular flexibility index (Phi) is 3.19. The fourth-order valence-electron chi connectivity index (χ4n) is 2.71. The Morgan fingerprint density at radius 2 is 2.00 bits per heavy atom. The first kappa shape index (κ1) is 14.6. The van der Waals surface area contributed by atoms with Crippen LogP contribution >= 0.6 is 0 Å². The molecule has 0 saturated heterocycles. The second-order valence-corrected chi connectivity index (χ2v) is 5.92. The van der Waals surface area contributed by atoms with Crippen LogP contribution < -0.4 is 14.8 Å². The van der Waals surface area contributed by atoms with E-state index in [1.54, 1.807) is 18.2 Å². The Morgan fingerprint density at radius 3 is 2.83 bits per heavy atom. The third-order valence-electron chi connectivity index (χ3n) is 4.18. The summed E-state index contributed by atoms with van der Waals surface area (Å²) < 4.78 is 11.6. The van der Waals surface area contributed by atoms with E-state index in [1.165, 1.54) is 0 Å². The molecule has 0 spiro atoms. The average molecular weight is 323 g/mol. The maximum Gasteiger partial charge on any atom is 0.276 e. The predicted molar refractivity (Wildman–Crippen MR) is 90.4 cm³/mol. The number of hydrogen-bond donors (Lipinski definition) is 2. The summed E-state index contributed by atoms with van der Waals surface area (Å²) >= 11 is 0. The number of rotatable bonds is 3. The van der Waals surface area contributed by atoms with E-state index in [0.717, 1.165) is 17.3 Å². The SMILES string of the molecule is CCC1(C)Oc2ccc(NC(=O)c3n[nH]c4ccccc34)cc2O1. The largest absolute Gasteiger partial charge is 0.449 e. The van der Waals surface area contributed by atoms with Crippen molar-refractivity contribution in [3.8, 4) is 11.5 Å². The number of nitrogens with one attached hydrogen (secondary N) is 2. The fourth-order valence-corrected chi connectivity index (χ4v) is 2.71. The molecule has 1 unspecified atom stereocenters. The minimum atomic E-state index is -0.649. The van der Waals surface area contributed by atoms with Crippen molar-refractivity contribution < 1.29 is 14.3 Å². The van der Waals surface area contributed by atoms with Crippen LogP contribution in [0.4, 0.5) is 5.69 Å². The van der Waals surface area contributed by atoms with Gasteiger partial charge in [0.05, 0.1) is 5.52 Å². The highest BCUT2D eigenvalue weighted by Gasteiger charge is 2.35. The second-order valence-electron chi connectivity index (χ2n) is 5.92. The number of aromatic amines is 1. The lowest BCUT2D eigenvalue weighted by Crippen LogP contribution is -2.33. The lowest BCUT2D eigenvalue weighted by Gasteiger charge is -2.20. The number of hydrogen-bond acceptors (Lipinski definition) is 4. The zero-order valence-electron chi connectivity index (χ0n) is 13.4. The van der Waals surface area contributed by atoms with E-state index in [0.29, 0.717) is 22.9 Å². The van der Waals surface area contributed by atoms with Gasteiger partial charge >= 0.3 is 0 Å².